The monoisotopic (exact) mass is 195 g/mol. The van der Waals surface area contributed by atoms with Crippen LogP contribution in [0.15, 0.2) is 12.1 Å². The van der Waals surface area contributed by atoms with E-state index in [4.69, 9.17) is 4.74 Å². The molecule has 4 nitrogen and oxygen atoms in total. The van der Waals surface area contributed by atoms with Crippen molar-refractivity contribution in [2.24, 2.45) is 0 Å². The molecular weight excluding hydrogens is 182 g/mol. The van der Waals surface area contributed by atoms with E-state index in [0.717, 1.165) is 11.1 Å². The number of hydrogen-bond donors (Lipinski definition) is 3. The molecule has 1 aliphatic heterocycles. The van der Waals surface area contributed by atoms with Gasteiger partial charge in [0.05, 0.1) is 13.2 Å². The molecule has 0 aliphatic carbocycles. The molecule has 1 atom stereocenters. The van der Waals surface area contributed by atoms with Crippen LogP contribution in [-0.4, -0.2) is 23.9 Å². The Kier molecular flexibility index (Phi) is 2.31. The largest absolute Gasteiger partial charge is 0.504 e. The van der Waals surface area contributed by atoms with Gasteiger partial charge in [-0.1, -0.05) is 0 Å². The fourth-order valence-corrected chi connectivity index (χ4v) is 1.71. The van der Waals surface area contributed by atoms with Crippen LogP contribution >= 0.6 is 0 Å². The Hall–Kier alpha value is -1.26. The van der Waals surface area contributed by atoms with Gasteiger partial charge >= 0.3 is 0 Å². The van der Waals surface area contributed by atoms with Gasteiger partial charge in [-0.15, -0.1) is 0 Å². The van der Waals surface area contributed by atoms with Crippen molar-refractivity contribution in [3.8, 4) is 11.5 Å². The number of benzene rings is 1. The highest BCUT2D eigenvalue weighted by Gasteiger charge is 2.19. The molecule has 0 aromatic heterocycles. The van der Waals surface area contributed by atoms with Crippen LogP contribution in [-0.2, 0) is 6.54 Å². The maximum absolute atomic E-state index is 9.63. The van der Waals surface area contributed by atoms with E-state index in [1.165, 1.54) is 7.11 Å². The number of nitrogens with one attached hydrogen (secondary N) is 1. The first-order valence-corrected chi connectivity index (χ1v) is 4.51. The minimum absolute atomic E-state index is 0.0761. The molecule has 14 heavy (non-hydrogen) atoms. The highest BCUT2D eigenvalue weighted by molar-refractivity contribution is 5.48. The summed E-state index contributed by atoms with van der Waals surface area (Å²) in [7, 11) is 1.51. The van der Waals surface area contributed by atoms with Gasteiger partial charge in [0.2, 0.25) is 0 Å². The quantitative estimate of drug-likeness (QED) is 0.612. The van der Waals surface area contributed by atoms with E-state index in [-0.39, 0.29) is 5.75 Å². The molecule has 0 spiro atoms. The predicted octanol–water partition coefficient (Wildman–Crippen LogP) is 0.537. The molecule has 1 aromatic carbocycles. The first-order chi connectivity index (χ1) is 6.72. The fraction of sp³-hybridized carbons (Fsp3) is 0.400. The molecule has 3 N–H and O–H groups in total. The Balaban J connectivity index is 2.48. The number of ether oxygens (including phenoxy) is 1. The van der Waals surface area contributed by atoms with Gasteiger partial charge in [0.15, 0.2) is 11.5 Å². The van der Waals surface area contributed by atoms with Crippen molar-refractivity contribution < 1.29 is 14.9 Å². The molecule has 0 bridgehead atoms. The molecule has 0 fully saturated rings. The van der Waals surface area contributed by atoms with E-state index in [1.807, 2.05) is 0 Å². The molecule has 1 unspecified atom stereocenters. The van der Waals surface area contributed by atoms with E-state index in [9.17, 15) is 10.2 Å². The number of aliphatic hydroxyl groups is 1. The Morgan fingerprint density at radius 3 is 3.00 bits per heavy atom. The van der Waals surface area contributed by atoms with Crippen LogP contribution in [0.3, 0.4) is 0 Å². The molecule has 2 rings (SSSR count). The Morgan fingerprint density at radius 2 is 2.29 bits per heavy atom. The number of phenolic OH excluding ortho intramolecular Hbond substituents is 1. The zero-order chi connectivity index (χ0) is 10.1. The Bertz CT molecular complexity index is 351. The van der Waals surface area contributed by atoms with Crippen molar-refractivity contribution in [1.29, 1.82) is 0 Å². The zero-order valence-corrected chi connectivity index (χ0v) is 7.95. The molecule has 76 valence electrons. The summed E-state index contributed by atoms with van der Waals surface area (Å²) in [6, 6.07) is 3.32. The summed E-state index contributed by atoms with van der Waals surface area (Å²) < 4.78 is 4.99. The second-order valence-electron chi connectivity index (χ2n) is 3.37. The lowest BCUT2D eigenvalue weighted by atomic mass is 9.98. The highest BCUT2D eigenvalue weighted by Crippen LogP contribution is 2.33. The van der Waals surface area contributed by atoms with Crippen molar-refractivity contribution in [2.45, 2.75) is 12.6 Å². The second kappa shape index (κ2) is 3.48. The molecule has 4 heteroatoms. The van der Waals surface area contributed by atoms with Gasteiger partial charge < -0.3 is 20.3 Å². The number of methoxy groups -OCH3 is 1. The minimum Gasteiger partial charge on any atom is -0.504 e. The van der Waals surface area contributed by atoms with Crippen molar-refractivity contribution in [3.63, 3.8) is 0 Å². The van der Waals surface area contributed by atoms with Crippen LogP contribution in [0.2, 0.25) is 0 Å². The van der Waals surface area contributed by atoms with Crippen molar-refractivity contribution in [2.75, 3.05) is 13.7 Å². The lowest BCUT2D eigenvalue weighted by Crippen LogP contribution is -2.27. The van der Waals surface area contributed by atoms with Crippen molar-refractivity contribution in [1.82, 2.24) is 5.32 Å². The smallest absolute Gasteiger partial charge is 0.160 e. The second-order valence-corrected chi connectivity index (χ2v) is 3.37. The maximum Gasteiger partial charge on any atom is 0.160 e. The molecule has 0 amide bonds. The number of rotatable bonds is 1. The summed E-state index contributed by atoms with van der Waals surface area (Å²) in [5.74, 6) is 0.520. The normalized spacial score (nSPS) is 20.3. The summed E-state index contributed by atoms with van der Waals surface area (Å²) in [6.45, 7) is 1.22. The van der Waals surface area contributed by atoms with Crippen molar-refractivity contribution >= 4 is 0 Å². The molecule has 0 saturated heterocycles. The van der Waals surface area contributed by atoms with Gasteiger partial charge in [0, 0.05) is 13.1 Å². The van der Waals surface area contributed by atoms with Gasteiger partial charge in [0.1, 0.15) is 0 Å². The molecular formula is C10H13NO3. The first kappa shape index (κ1) is 9.30. The molecule has 1 aliphatic rings. The van der Waals surface area contributed by atoms with Crippen molar-refractivity contribution in [3.05, 3.63) is 23.3 Å². The summed E-state index contributed by atoms with van der Waals surface area (Å²) in [4.78, 5) is 0. The first-order valence-electron chi connectivity index (χ1n) is 4.51. The summed E-state index contributed by atoms with van der Waals surface area (Å²) in [5, 5.41) is 22.2. The average Bonchev–Trinajstić information content (AvgIpc) is 2.19. The Labute approximate surface area is 82.1 Å². The number of aliphatic hydroxyl groups excluding tert-OH is 1. The third-order valence-corrected chi connectivity index (χ3v) is 2.45. The van der Waals surface area contributed by atoms with Crippen LogP contribution in [0.1, 0.15) is 17.2 Å². The summed E-state index contributed by atoms with van der Waals surface area (Å²) in [5.41, 5.74) is 1.75. The topological polar surface area (TPSA) is 61.7 Å². The van der Waals surface area contributed by atoms with Gasteiger partial charge in [-0.3, -0.25) is 0 Å². The van der Waals surface area contributed by atoms with E-state index in [0.29, 0.717) is 18.8 Å². The van der Waals surface area contributed by atoms with E-state index < -0.39 is 6.10 Å². The van der Waals surface area contributed by atoms with Crippen LogP contribution in [0.5, 0.6) is 11.5 Å². The van der Waals surface area contributed by atoms with E-state index in [1.54, 1.807) is 12.1 Å². The zero-order valence-electron chi connectivity index (χ0n) is 7.95. The number of β-amino-alcohol motifs (C(OH)–C–C–N with tert-alkyl or cyclic N) is 1. The van der Waals surface area contributed by atoms with Gasteiger partial charge in [-0.2, -0.15) is 0 Å². The van der Waals surface area contributed by atoms with Crippen LogP contribution in [0.4, 0.5) is 0 Å². The van der Waals surface area contributed by atoms with Gasteiger partial charge in [-0.05, 0) is 23.3 Å². The lowest BCUT2D eigenvalue weighted by Gasteiger charge is -2.23. The molecule has 0 radical (unpaired) electrons. The van der Waals surface area contributed by atoms with Crippen LogP contribution in [0, 0.1) is 0 Å². The standard InChI is InChI=1S/C10H13NO3/c1-14-10-2-6-4-11-5-9(13)7(6)3-8(10)12/h2-3,9,11-13H,4-5H2,1H3. The van der Waals surface area contributed by atoms with Gasteiger partial charge in [0.25, 0.3) is 0 Å². The molecule has 1 heterocycles. The predicted molar refractivity (Wildman–Crippen MR) is 51.3 cm³/mol. The van der Waals surface area contributed by atoms with E-state index >= 15 is 0 Å². The minimum atomic E-state index is -0.546. The number of phenols is 1. The Morgan fingerprint density at radius 1 is 1.50 bits per heavy atom. The molecule has 0 saturated carbocycles. The maximum atomic E-state index is 9.63. The highest BCUT2D eigenvalue weighted by atomic mass is 16.5. The SMILES string of the molecule is COc1cc2c(cc1O)C(O)CNC2. The summed E-state index contributed by atoms with van der Waals surface area (Å²) in [6.07, 6.45) is -0.546. The number of hydrogen-bond acceptors (Lipinski definition) is 4. The number of fused-ring (bicyclic) bond motifs is 1. The lowest BCUT2D eigenvalue weighted by molar-refractivity contribution is 0.164. The van der Waals surface area contributed by atoms with Crippen LogP contribution < -0.4 is 10.1 Å². The van der Waals surface area contributed by atoms with Crippen LogP contribution in [0.25, 0.3) is 0 Å². The average molecular weight is 195 g/mol. The van der Waals surface area contributed by atoms with Gasteiger partial charge in [-0.25, -0.2) is 0 Å². The summed E-state index contributed by atoms with van der Waals surface area (Å²) >= 11 is 0. The number of aromatic hydroxyl groups is 1. The third kappa shape index (κ3) is 1.42. The third-order valence-electron chi connectivity index (χ3n) is 2.45. The molecule has 1 aromatic rings. The van der Waals surface area contributed by atoms with E-state index in [2.05, 4.69) is 5.32 Å². The fourth-order valence-electron chi connectivity index (χ4n) is 1.71.